The van der Waals surface area contributed by atoms with Gasteiger partial charge in [0.1, 0.15) is 5.75 Å². The molecule has 0 aliphatic rings. The third-order valence-electron chi connectivity index (χ3n) is 2.12. The number of rotatable bonds is 1. The summed E-state index contributed by atoms with van der Waals surface area (Å²) in [4.78, 5) is 0. The minimum Gasteiger partial charge on any atom is -0.507 e. The smallest absolute Gasteiger partial charge is 0.129 e. The molecule has 14 heavy (non-hydrogen) atoms. The average molecular weight is 302 g/mol. The Labute approximate surface area is 99.0 Å². The van der Waals surface area contributed by atoms with E-state index in [9.17, 15) is 5.11 Å². The lowest BCUT2D eigenvalue weighted by atomic mass is 9.83. The van der Waals surface area contributed by atoms with E-state index in [2.05, 4.69) is 49.9 Å². The lowest BCUT2D eigenvalue weighted by Gasteiger charge is -2.23. The molecule has 1 aromatic carbocycles. The Balaban J connectivity index is 3.51. The molecule has 0 amide bonds. The Morgan fingerprint density at radius 1 is 1.36 bits per heavy atom. The molecule has 0 saturated heterocycles. The molecule has 0 aromatic heterocycles. The van der Waals surface area contributed by atoms with E-state index in [1.165, 1.54) is 0 Å². The van der Waals surface area contributed by atoms with Crippen LogP contribution in [-0.4, -0.2) is 5.11 Å². The molecule has 0 atom stereocenters. The topological polar surface area (TPSA) is 20.2 Å². The van der Waals surface area contributed by atoms with E-state index in [4.69, 9.17) is 0 Å². The summed E-state index contributed by atoms with van der Waals surface area (Å²) in [5.41, 5.74) is 2.28. The third-order valence-corrected chi connectivity index (χ3v) is 3.22. The quantitative estimate of drug-likeness (QED) is 0.779. The van der Waals surface area contributed by atoms with Crippen molar-refractivity contribution < 1.29 is 5.11 Å². The average Bonchev–Trinajstić information content (AvgIpc) is 2.07. The molecule has 0 heterocycles. The Morgan fingerprint density at radius 2 is 1.93 bits per heavy atom. The fourth-order valence-electron chi connectivity index (χ4n) is 1.51. The van der Waals surface area contributed by atoms with Crippen LogP contribution in [0.2, 0.25) is 0 Å². The molecule has 1 rings (SSSR count). The van der Waals surface area contributed by atoms with Crippen LogP contribution in [0.3, 0.4) is 0 Å². The van der Waals surface area contributed by atoms with Crippen LogP contribution in [0.1, 0.15) is 31.9 Å². The Bertz CT molecular complexity index is 361. The van der Waals surface area contributed by atoms with Gasteiger partial charge < -0.3 is 5.11 Å². The van der Waals surface area contributed by atoms with Crippen molar-refractivity contribution in [1.29, 1.82) is 0 Å². The highest BCUT2D eigenvalue weighted by Gasteiger charge is 2.21. The molecule has 1 aromatic rings. The van der Waals surface area contributed by atoms with Crippen molar-refractivity contribution in [2.45, 2.75) is 26.2 Å². The molecule has 0 bridgehead atoms. The Hall–Kier alpha value is -0.510. The summed E-state index contributed by atoms with van der Waals surface area (Å²) in [6.45, 7) is 10.2. The van der Waals surface area contributed by atoms with Gasteiger partial charge >= 0.3 is 0 Å². The maximum absolute atomic E-state index is 9.64. The molecule has 0 radical (unpaired) electrons. The first kappa shape index (κ1) is 11.6. The number of hydrogen-bond acceptors (Lipinski definition) is 1. The lowest BCUT2D eigenvalue weighted by Crippen LogP contribution is -2.15. The second kappa shape index (κ2) is 3.93. The summed E-state index contributed by atoms with van der Waals surface area (Å²) < 4.78 is 0.924. The normalized spacial score (nSPS) is 11.4. The standard InChI is InChI=1S/C12H15IO/c1-5-8-6-7-9(14)11(13)10(8)12(2,3)4/h5-7,14H,1H2,2-4H3. The van der Waals surface area contributed by atoms with Crippen molar-refractivity contribution in [3.8, 4) is 5.75 Å². The van der Waals surface area contributed by atoms with E-state index in [0.717, 1.165) is 14.7 Å². The Kier molecular flexibility index (Phi) is 3.24. The van der Waals surface area contributed by atoms with Crippen molar-refractivity contribution in [2.75, 3.05) is 0 Å². The summed E-state index contributed by atoms with van der Waals surface area (Å²) in [7, 11) is 0. The van der Waals surface area contributed by atoms with Gasteiger partial charge in [0.2, 0.25) is 0 Å². The molecule has 0 fully saturated rings. The largest absolute Gasteiger partial charge is 0.507 e. The summed E-state index contributed by atoms with van der Waals surface area (Å²) in [5.74, 6) is 0.348. The van der Waals surface area contributed by atoms with E-state index in [1.54, 1.807) is 6.07 Å². The van der Waals surface area contributed by atoms with Crippen molar-refractivity contribution in [1.82, 2.24) is 0 Å². The number of benzene rings is 1. The fourth-order valence-corrected chi connectivity index (χ4v) is 2.81. The van der Waals surface area contributed by atoms with Gasteiger partial charge in [0.25, 0.3) is 0 Å². The molecule has 0 spiro atoms. The van der Waals surface area contributed by atoms with Gasteiger partial charge in [-0.1, -0.05) is 39.5 Å². The molecule has 76 valence electrons. The predicted octanol–water partition coefficient (Wildman–Crippen LogP) is 3.94. The highest BCUT2D eigenvalue weighted by atomic mass is 127. The van der Waals surface area contributed by atoms with Crippen LogP contribution in [-0.2, 0) is 5.41 Å². The second-order valence-electron chi connectivity index (χ2n) is 4.32. The van der Waals surface area contributed by atoms with Crippen molar-refractivity contribution in [3.63, 3.8) is 0 Å². The number of phenolic OH excluding ortho intramolecular Hbond substituents is 1. The predicted molar refractivity (Wildman–Crippen MR) is 69.6 cm³/mol. The van der Waals surface area contributed by atoms with Gasteiger partial charge in [-0.15, -0.1) is 0 Å². The fraction of sp³-hybridized carbons (Fsp3) is 0.333. The van der Waals surface area contributed by atoms with Crippen LogP contribution in [0.25, 0.3) is 6.08 Å². The molecule has 0 saturated carbocycles. The SMILES string of the molecule is C=Cc1ccc(O)c(I)c1C(C)(C)C. The zero-order valence-corrected chi connectivity index (χ0v) is 10.9. The first-order valence-electron chi connectivity index (χ1n) is 4.52. The van der Waals surface area contributed by atoms with E-state index >= 15 is 0 Å². The number of aromatic hydroxyl groups is 1. The van der Waals surface area contributed by atoms with E-state index < -0.39 is 0 Å². The van der Waals surface area contributed by atoms with Crippen LogP contribution < -0.4 is 0 Å². The Morgan fingerprint density at radius 3 is 2.36 bits per heavy atom. The van der Waals surface area contributed by atoms with Crippen LogP contribution in [0.5, 0.6) is 5.75 Å². The van der Waals surface area contributed by atoms with Gasteiger partial charge in [-0.3, -0.25) is 0 Å². The highest BCUT2D eigenvalue weighted by molar-refractivity contribution is 14.1. The molecular formula is C12H15IO. The zero-order valence-electron chi connectivity index (χ0n) is 8.76. The minimum atomic E-state index is 0.0266. The summed E-state index contributed by atoms with van der Waals surface area (Å²) in [5, 5.41) is 9.64. The third kappa shape index (κ3) is 2.11. The van der Waals surface area contributed by atoms with Gasteiger partial charge in [-0.25, -0.2) is 0 Å². The van der Waals surface area contributed by atoms with Gasteiger partial charge in [0.05, 0.1) is 3.57 Å². The summed E-state index contributed by atoms with van der Waals surface area (Å²) in [6.07, 6.45) is 1.84. The molecule has 2 heteroatoms. The zero-order chi connectivity index (χ0) is 10.9. The van der Waals surface area contributed by atoms with Crippen LogP contribution in [0.15, 0.2) is 18.7 Å². The van der Waals surface area contributed by atoms with Crippen LogP contribution in [0, 0.1) is 3.57 Å². The lowest BCUT2D eigenvalue weighted by molar-refractivity contribution is 0.466. The van der Waals surface area contributed by atoms with Gasteiger partial charge in [-0.05, 0) is 45.2 Å². The maximum Gasteiger partial charge on any atom is 0.129 e. The number of hydrogen-bond donors (Lipinski definition) is 1. The van der Waals surface area contributed by atoms with Gasteiger partial charge in [0, 0.05) is 0 Å². The molecular weight excluding hydrogens is 287 g/mol. The van der Waals surface area contributed by atoms with E-state index in [-0.39, 0.29) is 5.41 Å². The van der Waals surface area contributed by atoms with Crippen molar-refractivity contribution in [3.05, 3.63) is 33.4 Å². The monoisotopic (exact) mass is 302 g/mol. The minimum absolute atomic E-state index is 0.0266. The van der Waals surface area contributed by atoms with Crippen LogP contribution in [0.4, 0.5) is 0 Å². The number of halogens is 1. The van der Waals surface area contributed by atoms with Crippen LogP contribution >= 0.6 is 22.6 Å². The summed E-state index contributed by atoms with van der Waals surface area (Å²) >= 11 is 2.18. The number of phenols is 1. The maximum atomic E-state index is 9.64. The molecule has 0 aliphatic heterocycles. The van der Waals surface area contributed by atoms with Crippen molar-refractivity contribution >= 4 is 28.7 Å². The highest BCUT2D eigenvalue weighted by Crippen LogP contribution is 2.35. The van der Waals surface area contributed by atoms with E-state index in [0.29, 0.717) is 5.75 Å². The second-order valence-corrected chi connectivity index (χ2v) is 5.40. The van der Waals surface area contributed by atoms with Gasteiger partial charge in [-0.2, -0.15) is 0 Å². The van der Waals surface area contributed by atoms with Gasteiger partial charge in [0.15, 0.2) is 0 Å². The van der Waals surface area contributed by atoms with Crippen molar-refractivity contribution in [2.24, 2.45) is 0 Å². The van der Waals surface area contributed by atoms with E-state index in [1.807, 2.05) is 12.1 Å². The molecule has 0 aliphatic carbocycles. The molecule has 0 unspecified atom stereocenters. The summed E-state index contributed by atoms with van der Waals surface area (Å²) in [6, 6.07) is 3.62. The first-order valence-corrected chi connectivity index (χ1v) is 5.60. The first-order chi connectivity index (χ1) is 6.38. The molecule has 1 nitrogen and oxygen atoms in total. The molecule has 1 N–H and O–H groups in total.